The fraction of sp³-hybridized carbons (Fsp3) is 0.917. The van der Waals surface area contributed by atoms with Crippen molar-refractivity contribution in [2.45, 2.75) is 52.0 Å². The van der Waals surface area contributed by atoms with Gasteiger partial charge in [-0.2, -0.15) is 0 Å². The molecule has 0 aromatic heterocycles. The summed E-state index contributed by atoms with van der Waals surface area (Å²) in [4.78, 5) is 13.0. The highest BCUT2D eigenvalue weighted by Gasteiger charge is 2.25. The lowest BCUT2D eigenvalue weighted by Gasteiger charge is -2.23. The van der Waals surface area contributed by atoms with Gasteiger partial charge >= 0.3 is 5.97 Å². The zero-order chi connectivity index (χ0) is 11.3. The summed E-state index contributed by atoms with van der Waals surface area (Å²) in [5, 5.41) is 8.62. The number of carbonyl (C=O) groups is 1. The summed E-state index contributed by atoms with van der Waals surface area (Å²) in [6.45, 7) is 6.76. The second-order valence-corrected chi connectivity index (χ2v) is 4.72. The summed E-state index contributed by atoms with van der Waals surface area (Å²) in [5.41, 5.74) is 0. The molecule has 0 amide bonds. The third kappa shape index (κ3) is 4.20. The van der Waals surface area contributed by atoms with Crippen molar-refractivity contribution in [1.82, 2.24) is 4.90 Å². The monoisotopic (exact) mass is 213 g/mol. The maximum atomic E-state index is 10.5. The van der Waals surface area contributed by atoms with Gasteiger partial charge in [0, 0.05) is 19.0 Å². The van der Waals surface area contributed by atoms with E-state index in [1.165, 1.54) is 19.3 Å². The highest BCUT2D eigenvalue weighted by atomic mass is 16.4. The molecule has 1 rings (SSSR count). The molecule has 3 nitrogen and oxygen atoms in total. The maximum absolute atomic E-state index is 10.5. The van der Waals surface area contributed by atoms with Crippen molar-refractivity contribution in [2.75, 3.05) is 13.1 Å². The van der Waals surface area contributed by atoms with Gasteiger partial charge in [-0.25, -0.2) is 0 Å². The number of hydrogen-bond acceptors (Lipinski definition) is 2. The van der Waals surface area contributed by atoms with Crippen molar-refractivity contribution in [3.05, 3.63) is 0 Å². The summed E-state index contributed by atoms with van der Waals surface area (Å²) >= 11 is 0. The minimum Gasteiger partial charge on any atom is -0.481 e. The summed E-state index contributed by atoms with van der Waals surface area (Å²) in [6.07, 6.45) is 4.86. The maximum Gasteiger partial charge on any atom is 0.303 e. The first-order valence-electron chi connectivity index (χ1n) is 6.09. The van der Waals surface area contributed by atoms with Crippen LogP contribution in [0, 0.1) is 5.92 Å². The molecule has 1 aliphatic rings. The topological polar surface area (TPSA) is 40.5 Å². The Morgan fingerprint density at radius 1 is 1.60 bits per heavy atom. The number of rotatable bonds is 6. The molecule has 0 aliphatic carbocycles. The smallest absolute Gasteiger partial charge is 0.303 e. The van der Waals surface area contributed by atoms with E-state index in [-0.39, 0.29) is 0 Å². The van der Waals surface area contributed by atoms with Crippen LogP contribution in [-0.4, -0.2) is 35.1 Å². The first kappa shape index (κ1) is 12.5. The van der Waals surface area contributed by atoms with Crippen LogP contribution in [-0.2, 0) is 4.79 Å². The Hall–Kier alpha value is -0.570. The molecule has 15 heavy (non-hydrogen) atoms. The Labute approximate surface area is 92.5 Å². The molecule has 0 aromatic rings. The molecule has 0 aromatic carbocycles. The molecule has 0 bridgehead atoms. The zero-order valence-corrected chi connectivity index (χ0v) is 9.91. The number of nitrogens with zero attached hydrogens (tertiary/aromatic N) is 1. The molecule has 0 spiro atoms. The van der Waals surface area contributed by atoms with Crippen molar-refractivity contribution in [3.8, 4) is 0 Å². The minimum atomic E-state index is -0.657. The zero-order valence-electron chi connectivity index (χ0n) is 9.91. The Kier molecular flexibility index (Phi) is 5.09. The number of hydrogen-bond donors (Lipinski definition) is 1. The van der Waals surface area contributed by atoms with Gasteiger partial charge in [-0.05, 0) is 38.6 Å². The van der Waals surface area contributed by atoms with Crippen LogP contribution in [0.4, 0.5) is 0 Å². The summed E-state index contributed by atoms with van der Waals surface area (Å²) in [7, 11) is 0. The normalized spacial score (nSPS) is 24.3. The van der Waals surface area contributed by atoms with Crippen LogP contribution >= 0.6 is 0 Å². The van der Waals surface area contributed by atoms with E-state index in [0.29, 0.717) is 18.4 Å². The fourth-order valence-electron chi connectivity index (χ4n) is 2.43. The Bertz CT molecular complexity index is 206. The molecule has 1 N–H and O–H groups in total. The SMILES string of the molecule is CCCC(C)N1CCC(CCC(=O)O)C1. The first-order chi connectivity index (χ1) is 7.13. The van der Waals surface area contributed by atoms with Gasteiger partial charge in [0.05, 0.1) is 0 Å². The molecule has 1 fully saturated rings. The fourth-order valence-corrected chi connectivity index (χ4v) is 2.43. The van der Waals surface area contributed by atoms with Crippen LogP contribution in [0.1, 0.15) is 46.0 Å². The highest BCUT2D eigenvalue weighted by Crippen LogP contribution is 2.23. The van der Waals surface area contributed by atoms with Gasteiger partial charge in [-0.1, -0.05) is 13.3 Å². The molecule has 0 radical (unpaired) electrons. The average molecular weight is 213 g/mol. The Morgan fingerprint density at radius 3 is 2.93 bits per heavy atom. The molecule has 88 valence electrons. The van der Waals surface area contributed by atoms with Crippen LogP contribution in [0.25, 0.3) is 0 Å². The molecule has 1 aliphatic heterocycles. The van der Waals surface area contributed by atoms with Crippen molar-refractivity contribution >= 4 is 5.97 Å². The van der Waals surface area contributed by atoms with Crippen LogP contribution in [0.15, 0.2) is 0 Å². The summed E-state index contributed by atoms with van der Waals surface area (Å²) < 4.78 is 0. The molecule has 1 saturated heterocycles. The van der Waals surface area contributed by atoms with Crippen LogP contribution in [0.5, 0.6) is 0 Å². The highest BCUT2D eigenvalue weighted by molar-refractivity contribution is 5.66. The van der Waals surface area contributed by atoms with Crippen LogP contribution < -0.4 is 0 Å². The third-order valence-electron chi connectivity index (χ3n) is 3.41. The molecule has 1 heterocycles. The molecule has 2 atom stereocenters. The number of aliphatic carboxylic acids is 1. The van der Waals surface area contributed by atoms with E-state index in [9.17, 15) is 4.79 Å². The standard InChI is InChI=1S/C12H23NO2/c1-3-4-10(2)13-8-7-11(9-13)5-6-12(14)15/h10-11H,3-9H2,1-2H3,(H,14,15). The van der Waals surface area contributed by atoms with Gasteiger partial charge in [-0.3, -0.25) is 4.79 Å². The van der Waals surface area contributed by atoms with Gasteiger partial charge in [-0.15, -0.1) is 0 Å². The molecular formula is C12H23NO2. The van der Waals surface area contributed by atoms with Gasteiger partial charge in [0.2, 0.25) is 0 Å². The summed E-state index contributed by atoms with van der Waals surface area (Å²) in [5.74, 6) is -0.0459. The van der Waals surface area contributed by atoms with Gasteiger partial charge < -0.3 is 10.0 Å². The quantitative estimate of drug-likeness (QED) is 0.736. The largest absolute Gasteiger partial charge is 0.481 e. The van der Waals surface area contributed by atoms with Crippen molar-refractivity contribution in [2.24, 2.45) is 5.92 Å². The predicted octanol–water partition coefficient (Wildman–Crippen LogP) is 2.36. The lowest BCUT2D eigenvalue weighted by atomic mass is 10.0. The summed E-state index contributed by atoms with van der Waals surface area (Å²) in [6, 6.07) is 0.671. The van der Waals surface area contributed by atoms with Gasteiger partial charge in [0.15, 0.2) is 0 Å². The first-order valence-corrected chi connectivity index (χ1v) is 6.09. The van der Waals surface area contributed by atoms with E-state index in [2.05, 4.69) is 18.7 Å². The Morgan fingerprint density at radius 2 is 2.33 bits per heavy atom. The molecule has 2 unspecified atom stereocenters. The van der Waals surface area contributed by atoms with E-state index in [0.717, 1.165) is 19.5 Å². The van der Waals surface area contributed by atoms with Crippen LogP contribution in [0.3, 0.4) is 0 Å². The predicted molar refractivity (Wildman–Crippen MR) is 60.9 cm³/mol. The number of carboxylic acid groups (broad SMARTS) is 1. The van der Waals surface area contributed by atoms with Crippen molar-refractivity contribution in [1.29, 1.82) is 0 Å². The van der Waals surface area contributed by atoms with Crippen molar-refractivity contribution < 1.29 is 9.90 Å². The lowest BCUT2D eigenvalue weighted by Crippen LogP contribution is -2.30. The van der Waals surface area contributed by atoms with Crippen LogP contribution in [0.2, 0.25) is 0 Å². The van der Waals surface area contributed by atoms with Gasteiger partial charge in [0.25, 0.3) is 0 Å². The second-order valence-electron chi connectivity index (χ2n) is 4.72. The minimum absolute atomic E-state index is 0.334. The molecular weight excluding hydrogens is 190 g/mol. The number of carboxylic acids is 1. The second kappa shape index (κ2) is 6.11. The van der Waals surface area contributed by atoms with E-state index >= 15 is 0 Å². The van der Waals surface area contributed by atoms with E-state index in [4.69, 9.17) is 5.11 Å². The van der Waals surface area contributed by atoms with Crippen molar-refractivity contribution in [3.63, 3.8) is 0 Å². The van der Waals surface area contributed by atoms with Gasteiger partial charge in [0.1, 0.15) is 0 Å². The molecule has 0 saturated carbocycles. The van der Waals surface area contributed by atoms with E-state index < -0.39 is 5.97 Å². The average Bonchev–Trinajstić information content (AvgIpc) is 2.63. The lowest BCUT2D eigenvalue weighted by molar-refractivity contribution is -0.137. The third-order valence-corrected chi connectivity index (χ3v) is 3.41. The number of likely N-dealkylation sites (tertiary alicyclic amines) is 1. The van der Waals surface area contributed by atoms with E-state index in [1.54, 1.807) is 0 Å². The van der Waals surface area contributed by atoms with E-state index in [1.807, 2.05) is 0 Å². The Balaban J connectivity index is 2.23. The molecule has 3 heteroatoms.